The van der Waals surface area contributed by atoms with Crippen molar-refractivity contribution in [2.45, 2.75) is 0 Å². The van der Waals surface area contributed by atoms with Crippen molar-refractivity contribution in [1.82, 2.24) is 10.0 Å². The van der Waals surface area contributed by atoms with E-state index in [9.17, 15) is 8.42 Å². The number of morpholine rings is 1. The van der Waals surface area contributed by atoms with E-state index in [1.54, 1.807) is 0 Å². The van der Waals surface area contributed by atoms with E-state index in [0.717, 1.165) is 0 Å². The molecule has 0 aromatic rings. The molecule has 1 heterocycles. The summed E-state index contributed by atoms with van der Waals surface area (Å²) in [4.78, 5) is 0. The number of nitrogens with zero attached hydrogens (tertiary/aromatic N) is 1. The van der Waals surface area contributed by atoms with Crippen molar-refractivity contribution in [1.29, 1.82) is 0 Å². The lowest BCUT2D eigenvalue weighted by Gasteiger charge is -2.24. The fourth-order valence-corrected chi connectivity index (χ4v) is 1.80. The van der Waals surface area contributed by atoms with Crippen LogP contribution in [0, 0.1) is 0 Å². The molecule has 5 nitrogen and oxygen atoms in total. The van der Waals surface area contributed by atoms with E-state index in [-0.39, 0.29) is 0 Å². The van der Waals surface area contributed by atoms with Gasteiger partial charge in [0.2, 0.25) is 10.0 Å². The highest BCUT2D eigenvalue weighted by Crippen LogP contribution is 2.03. The first-order chi connectivity index (χ1) is 5.17. The third kappa shape index (κ3) is 2.13. The van der Waals surface area contributed by atoms with Gasteiger partial charge < -0.3 is 4.74 Å². The van der Waals surface area contributed by atoms with Crippen molar-refractivity contribution < 1.29 is 13.2 Å². The Morgan fingerprint density at radius 1 is 1.36 bits per heavy atom. The van der Waals surface area contributed by atoms with Gasteiger partial charge in [-0.05, 0) is 0 Å². The molecule has 0 amide bonds. The molecule has 1 rings (SSSR count). The van der Waals surface area contributed by atoms with Gasteiger partial charge in [-0.3, -0.25) is 0 Å². The van der Waals surface area contributed by atoms with Gasteiger partial charge in [-0.25, -0.2) is 14.2 Å². The zero-order valence-corrected chi connectivity index (χ0v) is 6.93. The number of ether oxygens (including phenoxy) is 1. The summed E-state index contributed by atoms with van der Waals surface area (Å²) >= 11 is 0. The zero-order chi connectivity index (χ0) is 8.32. The van der Waals surface area contributed by atoms with Crippen molar-refractivity contribution >= 4 is 10.0 Å². The first kappa shape index (κ1) is 8.92. The van der Waals surface area contributed by atoms with E-state index >= 15 is 0 Å². The van der Waals surface area contributed by atoms with Crippen LogP contribution in [0.4, 0.5) is 0 Å². The van der Waals surface area contributed by atoms with Crippen molar-refractivity contribution in [2.75, 3.05) is 32.2 Å². The van der Waals surface area contributed by atoms with Crippen LogP contribution in [0.2, 0.25) is 0 Å². The molecule has 0 aliphatic carbocycles. The van der Waals surface area contributed by atoms with Crippen LogP contribution in [-0.2, 0) is 14.8 Å². The highest BCUT2D eigenvalue weighted by molar-refractivity contribution is 7.89. The minimum Gasteiger partial charge on any atom is -0.379 e. The average Bonchev–Trinajstić information content (AvgIpc) is 2.06. The second-order valence-corrected chi connectivity index (χ2v) is 4.24. The largest absolute Gasteiger partial charge is 0.379 e. The Morgan fingerprint density at radius 2 is 1.91 bits per heavy atom. The number of rotatable bonds is 2. The maximum atomic E-state index is 11.0. The topological polar surface area (TPSA) is 70.4 Å². The zero-order valence-electron chi connectivity index (χ0n) is 6.12. The van der Waals surface area contributed by atoms with Gasteiger partial charge in [-0.2, -0.15) is 4.31 Å². The lowest BCUT2D eigenvalue weighted by atomic mass is 10.5. The Hall–Kier alpha value is -0.170. The number of nitrogens with one attached hydrogen (secondary N) is 1. The lowest BCUT2D eigenvalue weighted by molar-refractivity contribution is 0.0730. The molecule has 0 spiro atoms. The summed E-state index contributed by atoms with van der Waals surface area (Å²) in [6.45, 7) is 1.67. The van der Waals surface area contributed by atoms with E-state index in [0.29, 0.717) is 26.3 Å². The molecule has 1 N–H and O–H groups in total. The van der Waals surface area contributed by atoms with Gasteiger partial charge in [-0.1, -0.05) is 0 Å². The normalized spacial score (nSPS) is 21.9. The van der Waals surface area contributed by atoms with Gasteiger partial charge in [0.05, 0.1) is 13.2 Å². The van der Waals surface area contributed by atoms with Crippen molar-refractivity contribution in [3.05, 3.63) is 0 Å². The number of sulfonamides is 1. The Kier molecular flexibility index (Phi) is 2.83. The molecule has 0 unspecified atom stereocenters. The second kappa shape index (κ2) is 3.48. The van der Waals surface area contributed by atoms with Gasteiger partial charge in [-0.15, -0.1) is 0 Å². The molecule has 0 atom stereocenters. The quantitative estimate of drug-likeness (QED) is 0.539. The Labute approximate surface area is 66.2 Å². The SMILES string of the molecule is [NH]CS(=O)(=O)N1CCOCC1. The standard InChI is InChI=1S/C5H11N2O3S/c6-5-11(8,9)7-1-3-10-4-2-7/h6H,1-5H2. The minimum absolute atomic E-state index is 0.390. The monoisotopic (exact) mass is 179 g/mol. The molecular weight excluding hydrogens is 168 g/mol. The summed E-state index contributed by atoms with van der Waals surface area (Å²) < 4.78 is 28.3. The first-order valence-electron chi connectivity index (χ1n) is 3.37. The molecule has 65 valence electrons. The van der Waals surface area contributed by atoms with Crippen LogP contribution < -0.4 is 5.73 Å². The minimum atomic E-state index is -3.30. The molecule has 11 heavy (non-hydrogen) atoms. The van der Waals surface area contributed by atoms with Crippen LogP contribution >= 0.6 is 0 Å². The van der Waals surface area contributed by atoms with Crippen LogP contribution in [0.5, 0.6) is 0 Å². The van der Waals surface area contributed by atoms with Gasteiger partial charge in [0.25, 0.3) is 0 Å². The van der Waals surface area contributed by atoms with E-state index in [4.69, 9.17) is 10.5 Å². The third-order valence-corrected chi connectivity index (χ3v) is 3.06. The van der Waals surface area contributed by atoms with Crippen LogP contribution in [0.25, 0.3) is 0 Å². The predicted octanol–water partition coefficient (Wildman–Crippen LogP) is -1.11. The smallest absolute Gasteiger partial charge is 0.228 e. The van der Waals surface area contributed by atoms with Crippen LogP contribution in [0.1, 0.15) is 0 Å². The average molecular weight is 179 g/mol. The van der Waals surface area contributed by atoms with Gasteiger partial charge >= 0.3 is 0 Å². The summed E-state index contributed by atoms with van der Waals surface area (Å²) in [6, 6.07) is 0. The molecule has 1 radical (unpaired) electrons. The van der Waals surface area contributed by atoms with Crippen LogP contribution in [0.3, 0.4) is 0 Å². The van der Waals surface area contributed by atoms with Crippen LogP contribution in [0.15, 0.2) is 0 Å². The molecule has 0 aromatic heterocycles. The molecule has 1 saturated heterocycles. The molecular formula is C5H11N2O3S. The maximum Gasteiger partial charge on any atom is 0.228 e. The van der Waals surface area contributed by atoms with Crippen molar-refractivity contribution in [3.8, 4) is 0 Å². The molecule has 0 aromatic carbocycles. The summed E-state index contributed by atoms with van der Waals surface area (Å²) in [7, 11) is -3.30. The number of hydrogen-bond donors (Lipinski definition) is 0. The summed E-state index contributed by atoms with van der Waals surface area (Å²) in [5, 5.41) is 0. The number of hydrogen-bond acceptors (Lipinski definition) is 3. The summed E-state index contributed by atoms with van der Waals surface area (Å²) in [5.74, 6) is -0.562. The van der Waals surface area contributed by atoms with Gasteiger partial charge in [0.1, 0.15) is 5.88 Å². The summed E-state index contributed by atoms with van der Waals surface area (Å²) in [5.41, 5.74) is 6.77. The van der Waals surface area contributed by atoms with E-state index in [2.05, 4.69) is 0 Å². The maximum absolute atomic E-state index is 11.0. The van der Waals surface area contributed by atoms with E-state index in [1.165, 1.54) is 4.31 Å². The second-order valence-electron chi connectivity index (χ2n) is 2.27. The van der Waals surface area contributed by atoms with Crippen molar-refractivity contribution in [2.24, 2.45) is 0 Å². The van der Waals surface area contributed by atoms with E-state index < -0.39 is 15.9 Å². The fraction of sp³-hybridized carbons (Fsp3) is 1.00. The molecule has 1 fully saturated rings. The molecule has 1 aliphatic rings. The Bertz CT molecular complexity index is 208. The first-order valence-corrected chi connectivity index (χ1v) is 4.98. The molecule has 1 aliphatic heterocycles. The van der Waals surface area contributed by atoms with Crippen LogP contribution in [-0.4, -0.2) is 44.9 Å². The fourth-order valence-electron chi connectivity index (χ4n) is 0.916. The van der Waals surface area contributed by atoms with Crippen molar-refractivity contribution in [3.63, 3.8) is 0 Å². The molecule has 6 heteroatoms. The highest BCUT2D eigenvalue weighted by atomic mass is 32.2. The third-order valence-electron chi connectivity index (χ3n) is 1.55. The van der Waals surface area contributed by atoms with Gasteiger partial charge in [0.15, 0.2) is 0 Å². The molecule has 0 saturated carbocycles. The Balaban J connectivity index is 2.58. The lowest BCUT2D eigenvalue weighted by Crippen LogP contribution is -2.41. The highest BCUT2D eigenvalue weighted by Gasteiger charge is 2.22. The summed E-state index contributed by atoms with van der Waals surface area (Å²) in [6.07, 6.45) is 0. The van der Waals surface area contributed by atoms with E-state index in [1.807, 2.05) is 0 Å². The predicted molar refractivity (Wildman–Crippen MR) is 39.3 cm³/mol. The molecule has 0 bridgehead atoms. The van der Waals surface area contributed by atoms with Gasteiger partial charge in [0, 0.05) is 13.1 Å². The Morgan fingerprint density at radius 3 is 2.36 bits per heavy atom.